The van der Waals surface area contributed by atoms with Crippen molar-refractivity contribution >= 4 is 16.9 Å². The zero-order valence-corrected chi connectivity index (χ0v) is 13.6. The van der Waals surface area contributed by atoms with Crippen LogP contribution in [0, 0.1) is 17.2 Å². The largest absolute Gasteiger partial charge is 0.382 e. The molecule has 128 valence electrons. The summed E-state index contributed by atoms with van der Waals surface area (Å²) in [4.78, 5) is 11.6. The average Bonchev–Trinajstić information content (AvgIpc) is 3.32. The second-order valence-corrected chi connectivity index (χ2v) is 6.47. The first kappa shape index (κ1) is 15.6. The van der Waals surface area contributed by atoms with Gasteiger partial charge in [-0.15, -0.1) is 0 Å². The van der Waals surface area contributed by atoms with E-state index in [1.807, 2.05) is 12.3 Å². The number of rotatable bonds is 4. The van der Waals surface area contributed by atoms with Gasteiger partial charge in [0.1, 0.15) is 18.1 Å². The molecule has 0 bridgehead atoms. The Bertz CT molecular complexity index is 938. The molecule has 1 aliphatic rings. The zero-order valence-electron chi connectivity index (χ0n) is 13.6. The second kappa shape index (κ2) is 6.16. The number of nitrogens with one attached hydrogen (secondary N) is 1. The number of hydrogen-bond acceptors (Lipinski definition) is 5. The van der Waals surface area contributed by atoms with Crippen LogP contribution in [-0.4, -0.2) is 30.9 Å². The number of anilines is 1. The van der Waals surface area contributed by atoms with Crippen molar-refractivity contribution in [3.63, 3.8) is 0 Å². The van der Waals surface area contributed by atoms with Crippen LogP contribution < -0.4 is 5.73 Å². The molecule has 3 N–H and O–H groups in total. The van der Waals surface area contributed by atoms with E-state index in [0.717, 1.165) is 17.5 Å². The number of hydrogen-bond donors (Lipinski definition) is 2. The topological polar surface area (TPSA) is 109 Å². The van der Waals surface area contributed by atoms with E-state index in [0.29, 0.717) is 29.9 Å². The van der Waals surface area contributed by atoms with Gasteiger partial charge in [-0.05, 0) is 31.2 Å². The lowest BCUT2D eigenvalue weighted by Gasteiger charge is -2.21. The molecule has 7 nitrogen and oxygen atoms in total. The summed E-state index contributed by atoms with van der Waals surface area (Å²) in [7, 11) is 0. The van der Waals surface area contributed by atoms with Crippen LogP contribution >= 0.6 is 0 Å². The van der Waals surface area contributed by atoms with E-state index in [1.165, 1.54) is 6.33 Å². The van der Waals surface area contributed by atoms with Gasteiger partial charge in [0.15, 0.2) is 5.82 Å². The molecular weight excluding hydrogens is 321 g/mol. The van der Waals surface area contributed by atoms with Gasteiger partial charge in [0.2, 0.25) is 0 Å². The molecule has 1 aliphatic carbocycles. The van der Waals surface area contributed by atoms with Crippen LogP contribution in [0.3, 0.4) is 0 Å². The van der Waals surface area contributed by atoms with Gasteiger partial charge in [-0.2, -0.15) is 10.4 Å². The highest BCUT2D eigenvalue weighted by atomic mass is 19.1. The van der Waals surface area contributed by atoms with Gasteiger partial charge in [0.25, 0.3) is 0 Å². The van der Waals surface area contributed by atoms with E-state index in [1.54, 1.807) is 10.9 Å². The van der Waals surface area contributed by atoms with Crippen molar-refractivity contribution < 1.29 is 4.39 Å². The predicted octanol–water partition coefficient (Wildman–Crippen LogP) is 3.00. The highest BCUT2D eigenvalue weighted by Gasteiger charge is 2.33. The number of nitriles is 1. The molecule has 3 heterocycles. The third-order valence-electron chi connectivity index (χ3n) is 4.96. The zero-order chi connectivity index (χ0) is 17.4. The van der Waals surface area contributed by atoms with Crippen LogP contribution in [0.4, 0.5) is 10.2 Å². The molecule has 3 aromatic rings. The van der Waals surface area contributed by atoms with Crippen LogP contribution in [0.25, 0.3) is 22.3 Å². The van der Waals surface area contributed by atoms with Crippen molar-refractivity contribution in [2.75, 3.05) is 5.73 Å². The second-order valence-electron chi connectivity index (χ2n) is 6.47. The van der Waals surface area contributed by atoms with Crippen LogP contribution in [0.1, 0.15) is 31.7 Å². The minimum atomic E-state index is -0.792. The van der Waals surface area contributed by atoms with E-state index >= 15 is 0 Å². The van der Waals surface area contributed by atoms with E-state index in [4.69, 9.17) is 5.73 Å². The van der Waals surface area contributed by atoms with Gasteiger partial charge in [-0.25, -0.2) is 14.4 Å². The molecular formula is C17H18FN7. The first-order chi connectivity index (χ1) is 12.2. The van der Waals surface area contributed by atoms with E-state index in [9.17, 15) is 9.65 Å². The maximum absolute atomic E-state index is 13.6. The van der Waals surface area contributed by atoms with Crippen molar-refractivity contribution in [2.45, 2.75) is 37.9 Å². The van der Waals surface area contributed by atoms with Crippen LogP contribution in [-0.2, 0) is 0 Å². The van der Waals surface area contributed by atoms with Crippen molar-refractivity contribution in [1.29, 1.82) is 5.26 Å². The molecule has 0 spiro atoms. The minimum Gasteiger partial charge on any atom is -0.382 e. The number of aromatic nitrogens is 5. The van der Waals surface area contributed by atoms with Gasteiger partial charge >= 0.3 is 0 Å². The SMILES string of the molecule is N#CCC(C1CCC(F)C1)n1cc(-c2ncnc3[nH]ccc23)c(N)n1. The van der Waals surface area contributed by atoms with Gasteiger partial charge in [0, 0.05) is 17.8 Å². The molecule has 1 saturated carbocycles. The van der Waals surface area contributed by atoms with Gasteiger partial charge in [-0.3, -0.25) is 4.68 Å². The number of halogens is 1. The molecule has 0 saturated heterocycles. The lowest BCUT2D eigenvalue weighted by atomic mass is 9.96. The molecule has 0 radical (unpaired) electrons. The fraction of sp³-hybridized carbons (Fsp3) is 0.412. The molecule has 0 aromatic carbocycles. The highest BCUT2D eigenvalue weighted by Crippen LogP contribution is 2.39. The van der Waals surface area contributed by atoms with E-state index in [2.05, 4.69) is 26.1 Å². The number of nitrogens with two attached hydrogens (primary N) is 1. The van der Waals surface area contributed by atoms with Gasteiger partial charge < -0.3 is 10.7 Å². The Hall–Kier alpha value is -2.95. The fourth-order valence-electron chi connectivity index (χ4n) is 3.72. The Morgan fingerprint density at radius 1 is 1.44 bits per heavy atom. The number of alkyl halides is 1. The lowest BCUT2D eigenvalue weighted by molar-refractivity contribution is 0.280. The molecule has 3 atom stereocenters. The van der Waals surface area contributed by atoms with Crippen LogP contribution in [0.2, 0.25) is 0 Å². The van der Waals surface area contributed by atoms with Gasteiger partial charge in [-0.1, -0.05) is 0 Å². The summed E-state index contributed by atoms with van der Waals surface area (Å²) >= 11 is 0. The molecule has 3 aromatic heterocycles. The molecule has 25 heavy (non-hydrogen) atoms. The van der Waals surface area contributed by atoms with Crippen molar-refractivity contribution in [3.05, 3.63) is 24.8 Å². The Balaban J connectivity index is 1.74. The molecule has 0 aliphatic heterocycles. The summed E-state index contributed by atoms with van der Waals surface area (Å²) in [5.74, 6) is 0.443. The summed E-state index contributed by atoms with van der Waals surface area (Å²) in [5.41, 5.74) is 8.25. The van der Waals surface area contributed by atoms with Crippen molar-refractivity contribution in [3.8, 4) is 17.3 Å². The maximum atomic E-state index is 13.6. The smallest absolute Gasteiger partial charge is 0.154 e. The minimum absolute atomic E-state index is 0.0967. The van der Waals surface area contributed by atoms with Gasteiger partial charge in [0.05, 0.1) is 29.8 Å². The highest BCUT2D eigenvalue weighted by molar-refractivity contribution is 5.92. The monoisotopic (exact) mass is 339 g/mol. The summed E-state index contributed by atoms with van der Waals surface area (Å²) in [6.07, 6.45) is 6.35. The average molecular weight is 339 g/mol. The van der Waals surface area contributed by atoms with E-state index in [-0.39, 0.29) is 18.4 Å². The summed E-state index contributed by atoms with van der Waals surface area (Å²) < 4.78 is 15.3. The normalized spacial score (nSPS) is 21.4. The third kappa shape index (κ3) is 2.71. The molecule has 3 unspecified atom stereocenters. The number of nitrogen functional groups attached to an aromatic ring is 1. The standard InChI is InChI=1S/C17H18FN7/c18-11-2-1-10(7-11)14(3-5-19)25-8-13(16(20)24-25)15-12-4-6-21-17(12)23-9-22-15/h4,6,8-11,14H,1-3,7H2,(H2,20,24)(H,21,22,23). The Morgan fingerprint density at radius 3 is 3.08 bits per heavy atom. The predicted molar refractivity (Wildman–Crippen MR) is 91.0 cm³/mol. The molecule has 0 amide bonds. The quantitative estimate of drug-likeness (QED) is 0.759. The number of aromatic amines is 1. The fourth-order valence-corrected chi connectivity index (χ4v) is 3.72. The molecule has 1 fully saturated rings. The Kier molecular flexibility index (Phi) is 3.84. The van der Waals surface area contributed by atoms with Crippen LogP contribution in [0.15, 0.2) is 24.8 Å². The van der Waals surface area contributed by atoms with Crippen LogP contribution in [0.5, 0.6) is 0 Å². The van der Waals surface area contributed by atoms with E-state index < -0.39 is 6.17 Å². The molecule has 8 heteroatoms. The number of fused-ring (bicyclic) bond motifs is 1. The summed E-state index contributed by atoms with van der Waals surface area (Å²) in [6.45, 7) is 0. The van der Waals surface area contributed by atoms with Crippen molar-refractivity contribution in [2.24, 2.45) is 5.92 Å². The van der Waals surface area contributed by atoms with Crippen molar-refractivity contribution in [1.82, 2.24) is 24.7 Å². The molecule has 4 rings (SSSR count). The first-order valence-corrected chi connectivity index (χ1v) is 8.31. The number of H-pyrrole nitrogens is 1. The maximum Gasteiger partial charge on any atom is 0.154 e. The summed E-state index contributed by atoms with van der Waals surface area (Å²) in [6, 6.07) is 3.91. The summed E-state index contributed by atoms with van der Waals surface area (Å²) in [5, 5.41) is 14.5. The first-order valence-electron chi connectivity index (χ1n) is 8.31. The Labute approximate surface area is 143 Å². The number of nitrogens with zero attached hydrogens (tertiary/aromatic N) is 5. The lowest BCUT2D eigenvalue weighted by Crippen LogP contribution is -2.18. The Morgan fingerprint density at radius 2 is 2.32 bits per heavy atom. The third-order valence-corrected chi connectivity index (χ3v) is 4.96.